The van der Waals surface area contributed by atoms with Gasteiger partial charge in [-0.3, -0.25) is 0 Å². The van der Waals surface area contributed by atoms with Gasteiger partial charge in [-0.2, -0.15) is 5.26 Å². The largest absolute Gasteiger partial charge is 0.198 e. The summed E-state index contributed by atoms with van der Waals surface area (Å²) in [6, 6.07) is 105. The van der Waals surface area contributed by atoms with Gasteiger partial charge in [0, 0.05) is 9.53 Å². The topological polar surface area (TPSA) is 23.8 Å². The standard InChI is InChI=1S/C23H24.C22H22.C18H15Si.C16H18.C14H22.2C12H18.C5H9N.C4H10/c1-17-10-8-13-19(16-17)21-15-9-14-20(22(21)23(2,3)4)18-11-6-5-7-12-18;1-22(2,3)21-19(17-11-6-4-7-12-17)15-10-16-20(21)18-13-8-5-9-14-18;1-4-10-16(11-5-1)19(17-12-6-2-7-13-17)18-14-8-3-9-15-18;1-16(2,3)15-12-8-7-11-14(15)13-9-5-4-6-10-13;1-13(2,3)11-9-7-8-10-12(11)14(4,5)6;2*1-9-7-6-8-10(2)11(9)12(3,4)5;1-5(2,3)4-6;1-4(2)3/h5-16H,1-4H3;4-16H,1-3H3;1-15H;4-12H,1-3H3;7-10H,1-6H3;2*6-8H,1-5H3;1-3H3;4H,1-3H3/i5D,6D,7D,8D,10D,11D,12D,13D,16D;;;;;1D3;;;. The van der Waals surface area contributed by atoms with Crippen LogP contribution in [0.1, 0.15) is 270 Å². The van der Waals surface area contributed by atoms with E-state index in [0.717, 1.165) is 17.0 Å². The Bertz CT molecular complexity index is 5990. The Balaban J connectivity index is 0.000000251. The maximum atomic E-state index is 8.59. The van der Waals surface area contributed by atoms with E-state index in [1.54, 1.807) is 31.2 Å². The van der Waals surface area contributed by atoms with Crippen molar-refractivity contribution in [2.75, 3.05) is 0 Å². The molecule has 0 amide bonds. The van der Waals surface area contributed by atoms with Gasteiger partial charge in [0.25, 0.3) is 0 Å². The molecule has 0 fully saturated rings. The summed E-state index contributed by atoms with van der Waals surface area (Å²) in [5.41, 5.74) is 22.6. The highest BCUT2D eigenvalue weighted by atomic mass is 28.3. The zero-order chi connectivity index (χ0) is 105. The molecule has 128 heavy (non-hydrogen) atoms. The first-order valence-electron chi connectivity index (χ1n) is 51.3. The van der Waals surface area contributed by atoms with Gasteiger partial charge in [-0.25, -0.2) is 0 Å². The highest BCUT2D eigenvalue weighted by molar-refractivity contribution is 6.95. The predicted molar refractivity (Wildman–Crippen MR) is 570 cm³/mol. The van der Waals surface area contributed by atoms with Crippen LogP contribution in [-0.4, -0.2) is 8.80 Å². The Morgan fingerprint density at radius 2 is 0.508 bits per heavy atom. The molecule has 1 radical (unpaired) electrons. The van der Waals surface area contributed by atoms with E-state index in [0.29, 0.717) is 22.3 Å². The van der Waals surface area contributed by atoms with E-state index in [4.69, 9.17) is 21.7 Å². The third-order valence-electron chi connectivity index (χ3n) is 20.7. The van der Waals surface area contributed by atoms with Gasteiger partial charge in [-0.1, -0.05) is 545 Å². The molecule has 0 bridgehead atoms. The number of nitrogens with zero attached hydrogens (tertiary/aromatic N) is 1. The minimum absolute atomic E-state index is 0.0280. The highest BCUT2D eigenvalue weighted by Gasteiger charge is 2.28. The highest BCUT2D eigenvalue weighted by Crippen LogP contribution is 2.43. The van der Waals surface area contributed by atoms with Crippen molar-refractivity contribution in [1.29, 1.82) is 5.26 Å². The van der Waals surface area contributed by atoms with Gasteiger partial charge in [-0.15, -0.1) is 0 Å². The number of nitriles is 1. The average Bonchev–Trinajstić information content (AvgIpc) is 0.734. The molecular weight excluding hydrogens is 1560 g/mol. The lowest BCUT2D eigenvalue weighted by atomic mass is 9.75. The third-order valence-corrected chi connectivity index (χ3v) is 23.5. The van der Waals surface area contributed by atoms with Crippen LogP contribution in [0, 0.1) is 57.2 Å². The van der Waals surface area contributed by atoms with E-state index in [2.05, 4.69) is 411 Å². The predicted octanol–water partition coefficient (Wildman–Crippen LogP) is 34.5. The fourth-order valence-electron chi connectivity index (χ4n) is 15.6. The molecule has 0 atom stereocenters. The zero-order valence-corrected chi connectivity index (χ0v) is 84.4. The van der Waals surface area contributed by atoms with Crippen LogP contribution in [0.5, 0.6) is 0 Å². The quantitative estimate of drug-likeness (QED) is 0.110. The number of hydrogen-bond donors (Lipinski definition) is 0. The molecule has 0 aliphatic heterocycles. The SMILES string of the molecule is CC(C)(C)C#N.CC(C)(C)c1c(-c2ccccc2)cccc1-c1ccccc1.CC(C)(C)c1ccccc1-c1ccccc1.CC(C)(C)c1ccccc1C(C)(C)C.CC(C)C.Cc1cccc(C)c1C(C)(C)C.[2H]C([2H])([2H])c1cccc(C)c1C(C)(C)C.[2H]c1c([2H])c([2H])c(-c2cccc(-c3c([2H])c([2H])c([2H])c(C)c3[2H])c2C(C)(C)C)c([2H])c1[2H].c1ccc([Si](c2ccccc2)c2ccccc2)cc1. The molecule has 1 nitrogen and oxygen atoms in total. The van der Waals surface area contributed by atoms with Crippen molar-refractivity contribution in [3.63, 3.8) is 0 Å². The van der Waals surface area contributed by atoms with Crippen LogP contribution >= 0.6 is 0 Å². The molecule has 0 saturated carbocycles. The van der Waals surface area contributed by atoms with Gasteiger partial charge in [0.2, 0.25) is 0 Å². The molecule has 2 heteroatoms. The molecule has 0 aromatic heterocycles. The van der Waals surface area contributed by atoms with Crippen molar-refractivity contribution in [2.45, 2.75) is 259 Å². The summed E-state index contributed by atoms with van der Waals surface area (Å²) in [6.07, 6.45) is 0. The minimum Gasteiger partial charge on any atom is -0.198 e. The molecule has 0 aliphatic rings. The molecule has 0 N–H and O–H groups in total. The Labute approximate surface area is 798 Å². The van der Waals surface area contributed by atoms with E-state index < -0.39 is 39.2 Å². The Hall–Kier alpha value is -11.2. The first kappa shape index (κ1) is 87.5. The van der Waals surface area contributed by atoms with Crippen LogP contribution in [0.2, 0.25) is 0 Å². The monoisotopic (exact) mass is 1720 g/mol. The summed E-state index contributed by atoms with van der Waals surface area (Å²) in [7, 11) is -0.877. The smallest absolute Gasteiger partial charge is 0.154 e. The van der Waals surface area contributed by atoms with Gasteiger partial charge in [0.1, 0.15) is 0 Å². The van der Waals surface area contributed by atoms with Gasteiger partial charge < -0.3 is 0 Å². The maximum Gasteiger partial charge on any atom is 0.154 e. The molecule has 0 heterocycles. The summed E-state index contributed by atoms with van der Waals surface area (Å²) in [5, 5.41) is 12.5. The van der Waals surface area contributed by atoms with E-state index in [1.165, 1.54) is 87.9 Å². The van der Waals surface area contributed by atoms with Crippen LogP contribution < -0.4 is 15.6 Å². The van der Waals surface area contributed by atoms with Crippen molar-refractivity contribution in [2.24, 2.45) is 11.3 Å². The van der Waals surface area contributed by atoms with Gasteiger partial charge in [0.15, 0.2) is 8.80 Å². The molecule has 14 rings (SSSR count). The Morgan fingerprint density at radius 3 is 0.812 bits per heavy atom. The first-order chi connectivity index (χ1) is 64.9. The lowest BCUT2D eigenvalue weighted by Gasteiger charge is -2.29. The van der Waals surface area contributed by atoms with E-state index >= 15 is 0 Å². The van der Waals surface area contributed by atoms with Crippen LogP contribution in [0.15, 0.2) is 358 Å². The lowest BCUT2D eigenvalue weighted by Crippen LogP contribution is -2.51. The Morgan fingerprint density at radius 1 is 0.258 bits per heavy atom. The summed E-state index contributed by atoms with van der Waals surface area (Å²) in [6.45, 7) is 64.0. The summed E-state index contributed by atoms with van der Waals surface area (Å²) in [4.78, 5) is 0. The molecule has 0 unspecified atom stereocenters. The second kappa shape index (κ2) is 48.3. The molecule has 669 valence electrons. The second-order valence-electron chi connectivity index (χ2n) is 41.7. The maximum absolute atomic E-state index is 8.59. The number of benzene rings is 14. The fourth-order valence-corrected chi connectivity index (χ4v) is 18.2. The normalized spacial score (nSPS) is 12.8. The van der Waals surface area contributed by atoms with Gasteiger partial charge >= 0.3 is 0 Å². The van der Waals surface area contributed by atoms with Crippen molar-refractivity contribution < 1.29 is 16.4 Å². The zero-order valence-electron chi connectivity index (χ0n) is 95.4. The molecule has 14 aromatic carbocycles. The van der Waals surface area contributed by atoms with E-state index in [1.807, 2.05) is 81.4 Å². The van der Waals surface area contributed by atoms with Gasteiger partial charge in [0.05, 0.1) is 18.4 Å². The summed E-state index contributed by atoms with van der Waals surface area (Å²) < 4.78 is 96.7. The molecule has 0 saturated heterocycles. The van der Waals surface area contributed by atoms with Crippen molar-refractivity contribution >= 4 is 24.4 Å². The summed E-state index contributed by atoms with van der Waals surface area (Å²) in [5.74, 6) is 0.833. The average molecular weight is 1720 g/mol. The van der Waals surface area contributed by atoms with Crippen LogP contribution in [0.25, 0.3) is 55.6 Å². The second-order valence-corrected chi connectivity index (χ2v) is 44.2. The molecular formula is C126H156NSi. The van der Waals surface area contributed by atoms with E-state index in [-0.39, 0.29) is 90.8 Å². The number of rotatable bonds is 8. The number of hydrogen-bond acceptors (Lipinski definition) is 1. The van der Waals surface area contributed by atoms with Crippen molar-refractivity contribution in [1.82, 2.24) is 0 Å². The third kappa shape index (κ3) is 33.8. The fraction of sp³-hybridized carbons (Fsp3) is 0.325. The van der Waals surface area contributed by atoms with E-state index in [9.17, 15) is 0 Å². The van der Waals surface area contributed by atoms with Crippen LogP contribution in [0.3, 0.4) is 0 Å². The lowest BCUT2D eigenvalue weighted by molar-refractivity contribution is 0.530. The van der Waals surface area contributed by atoms with Crippen LogP contribution in [-0.2, 0) is 37.9 Å². The molecule has 0 spiro atoms. The summed E-state index contributed by atoms with van der Waals surface area (Å²) >= 11 is 0. The molecule has 0 aliphatic carbocycles. The number of aryl methyl sites for hydroxylation is 4. The van der Waals surface area contributed by atoms with Gasteiger partial charge in [-0.05, 0) is 216 Å². The minimum atomic E-state index is -2.02. The molecule has 14 aromatic rings. The van der Waals surface area contributed by atoms with Crippen LogP contribution in [0.4, 0.5) is 0 Å². The van der Waals surface area contributed by atoms with Crippen molar-refractivity contribution in [3.8, 4) is 61.7 Å². The van der Waals surface area contributed by atoms with Crippen molar-refractivity contribution in [3.05, 3.63) is 424 Å². The Kier molecular flexibility index (Phi) is 33.0. The first-order valence-corrected chi connectivity index (χ1v) is 46.8.